The fraction of sp³-hybridized carbons (Fsp3) is 0.182. The Morgan fingerprint density at radius 2 is 1.86 bits per heavy atom. The van der Waals surface area contributed by atoms with E-state index < -0.39 is 0 Å². The number of hydrogen-bond acceptors (Lipinski definition) is 5. The molecule has 28 heavy (non-hydrogen) atoms. The molecule has 0 fully saturated rings. The highest BCUT2D eigenvalue weighted by molar-refractivity contribution is 5.79. The van der Waals surface area contributed by atoms with Gasteiger partial charge in [-0.1, -0.05) is 38.1 Å². The summed E-state index contributed by atoms with van der Waals surface area (Å²) in [5.41, 5.74) is 9.88. The lowest BCUT2D eigenvalue weighted by atomic mass is 10.0. The number of aromatic nitrogens is 3. The molecule has 0 unspecified atom stereocenters. The third-order valence-electron chi connectivity index (χ3n) is 4.67. The number of rotatable bonds is 5. The van der Waals surface area contributed by atoms with E-state index in [-0.39, 0.29) is 0 Å². The fourth-order valence-electron chi connectivity index (χ4n) is 3.12. The number of fused-ring (bicyclic) bond motifs is 1. The van der Waals surface area contributed by atoms with Crippen LogP contribution in [0.5, 0.6) is 5.75 Å². The van der Waals surface area contributed by atoms with Crippen molar-refractivity contribution in [3.8, 4) is 5.75 Å². The number of pyridine rings is 1. The molecule has 2 N–H and O–H groups in total. The van der Waals surface area contributed by atoms with E-state index in [1.165, 1.54) is 5.56 Å². The Labute approximate surface area is 164 Å². The van der Waals surface area contributed by atoms with Crippen molar-refractivity contribution >= 4 is 28.5 Å². The third kappa shape index (κ3) is 3.36. The van der Waals surface area contributed by atoms with E-state index in [2.05, 4.69) is 31.0 Å². The van der Waals surface area contributed by atoms with E-state index in [0.29, 0.717) is 23.4 Å². The molecule has 142 valence electrons. The maximum Gasteiger partial charge on any atom is 0.245 e. The highest BCUT2D eigenvalue weighted by Crippen LogP contribution is 2.31. The van der Waals surface area contributed by atoms with Crippen molar-refractivity contribution < 1.29 is 4.84 Å². The van der Waals surface area contributed by atoms with Crippen LogP contribution >= 0.6 is 0 Å². The van der Waals surface area contributed by atoms with Crippen molar-refractivity contribution in [1.82, 2.24) is 14.5 Å². The quantitative estimate of drug-likeness (QED) is 0.509. The van der Waals surface area contributed by atoms with Gasteiger partial charge in [0.1, 0.15) is 5.82 Å². The SMILES string of the molecule is CC(C)c1cccc(N(Oc2ccnc(N)c2)c2nc3ccccc3n2C)c1. The molecule has 0 spiro atoms. The van der Waals surface area contributed by atoms with Crippen LogP contribution in [0.2, 0.25) is 0 Å². The Hall–Kier alpha value is -3.54. The minimum Gasteiger partial charge on any atom is -0.384 e. The van der Waals surface area contributed by atoms with Gasteiger partial charge in [-0.25, -0.2) is 9.97 Å². The molecule has 0 aliphatic heterocycles. The number of hydrogen-bond donors (Lipinski definition) is 1. The summed E-state index contributed by atoms with van der Waals surface area (Å²) in [6.07, 6.45) is 1.63. The van der Waals surface area contributed by atoms with Crippen LogP contribution in [0.3, 0.4) is 0 Å². The smallest absolute Gasteiger partial charge is 0.245 e. The molecule has 2 aromatic heterocycles. The normalized spacial score (nSPS) is 11.1. The first-order chi connectivity index (χ1) is 13.5. The summed E-state index contributed by atoms with van der Waals surface area (Å²) in [7, 11) is 1.98. The summed E-state index contributed by atoms with van der Waals surface area (Å²) >= 11 is 0. The van der Waals surface area contributed by atoms with Gasteiger partial charge in [-0.15, -0.1) is 5.06 Å². The van der Waals surface area contributed by atoms with Crippen molar-refractivity contribution in [2.45, 2.75) is 19.8 Å². The van der Waals surface area contributed by atoms with E-state index in [9.17, 15) is 0 Å². The van der Waals surface area contributed by atoms with Crippen molar-refractivity contribution in [3.05, 3.63) is 72.4 Å². The molecule has 0 atom stereocenters. The minimum atomic E-state index is 0.401. The summed E-state index contributed by atoms with van der Waals surface area (Å²) < 4.78 is 2.02. The highest BCUT2D eigenvalue weighted by atomic mass is 16.7. The molecule has 4 aromatic rings. The van der Waals surface area contributed by atoms with Crippen LogP contribution in [0.1, 0.15) is 25.3 Å². The molecule has 0 bridgehead atoms. The molecular weight excluding hydrogens is 350 g/mol. The number of nitrogen functional groups attached to an aromatic ring is 1. The Kier molecular flexibility index (Phi) is 4.61. The van der Waals surface area contributed by atoms with Crippen molar-refractivity contribution in [2.24, 2.45) is 7.05 Å². The van der Waals surface area contributed by atoms with Crippen LogP contribution in [0.25, 0.3) is 11.0 Å². The van der Waals surface area contributed by atoms with Gasteiger partial charge in [-0.2, -0.15) is 0 Å². The largest absolute Gasteiger partial charge is 0.384 e. The zero-order chi connectivity index (χ0) is 19.7. The Morgan fingerprint density at radius 1 is 1.04 bits per heavy atom. The number of anilines is 3. The first-order valence-electron chi connectivity index (χ1n) is 9.24. The van der Waals surface area contributed by atoms with Gasteiger partial charge >= 0.3 is 0 Å². The molecule has 6 heteroatoms. The predicted molar refractivity (Wildman–Crippen MR) is 113 cm³/mol. The van der Waals surface area contributed by atoms with Crippen LogP contribution in [0.15, 0.2) is 66.9 Å². The van der Waals surface area contributed by atoms with E-state index >= 15 is 0 Å². The first kappa shape index (κ1) is 17.9. The summed E-state index contributed by atoms with van der Waals surface area (Å²) in [5.74, 6) is 2.07. The second-order valence-electron chi connectivity index (χ2n) is 7.01. The summed E-state index contributed by atoms with van der Waals surface area (Å²) in [6, 6.07) is 19.8. The highest BCUT2D eigenvalue weighted by Gasteiger charge is 2.20. The zero-order valence-electron chi connectivity index (χ0n) is 16.2. The van der Waals surface area contributed by atoms with Crippen LogP contribution in [0.4, 0.5) is 17.5 Å². The third-order valence-corrected chi connectivity index (χ3v) is 4.67. The lowest BCUT2D eigenvalue weighted by molar-refractivity contribution is 0.314. The molecule has 0 amide bonds. The van der Waals surface area contributed by atoms with Gasteiger partial charge in [-0.3, -0.25) is 0 Å². The van der Waals surface area contributed by atoms with E-state index in [1.807, 2.05) is 48.0 Å². The lowest BCUT2D eigenvalue weighted by Gasteiger charge is -2.24. The van der Waals surface area contributed by atoms with Gasteiger partial charge in [0.05, 0.1) is 16.7 Å². The van der Waals surface area contributed by atoms with Gasteiger partial charge in [-0.05, 0) is 35.7 Å². The number of benzene rings is 2. The summed E-state index contributed by atoms with van der Waals surface area (Å²) in [5, 5.41) is 1.74. The number of aryl methyl sites for hydroxylation is 1. The molecule has 0 aliphatic rings. The van der Waals surface area contributed by atoms with Gasteiger partial charge in [0.2, 0.25) is 5.95 Å². The van der Waals surface area contributed by atoms with Crippen molar-refractivity contribution in [2.75, 3.05) is 10.8 Å². The van der Waals surface area contributed by atoms with Crippen molar-refractivity contribution in [1.29, 1.82) is 0 Å². The average Bonchev–Trinajstić information content (AvgIpc) is 3.03. The maximum absolute atomic E-state index is 6.24. The second kappa shape index (κ2) is 7.23. The fourth-order valence-corrected chi connectivity index (χ4v) is 3.12. The molecule has 0 saturated carbocycles. The van der Waals surface area contributed by atoms with Crippen LogP contribution in [-0.2, 0) is 7.05 Å². The van der Waals surface area contributed by atoms with Crippen LogP contribution in [0, 0.1) is 0 Å². The number of nitrogens with two attached hydrogens (primary N) is 1. The standard InChI is InChI=1S/C22H23N5O/c1-15(2)16-7-6-8-17(13-16)27(28-18-11-12-24-21(23)14-18)22-25-19-9-4-5-10-20(19)26(22)3/h4-15H,1-3H3,(H2,23,24). The topological polar surface area (TPSA) is 69.2 Å². The van der Waals surface area contributed by atoms with E-state index in [0.717, 1.165) is 16.7 Å². The van der Waals surface area contributed by atoms with E-state index in [1.54, 1.807) is 23.4 Å². The molecular formula is C22H23N5O. The molecule has 0 aliphatic carbocycles. The minimum absolute atomic E-state index is 0.401. The number of nitrogens with zero attached hydrogens (tertiary/aromatic N) is 4. The van der Waals surface area contributed by atoms with Crippen molar-refractivity contribution in [3.63, 3.8) is 0 Å². The Bertz CT molecular complexity index is 1120. The molecule has 4 rings (SSSR count). The first-order valence-corrected chi connectivity index (χ1v) is 9.24. The number of imidazole rings is 1. The zero-order valence-corrected chi connectivity index (χ0v) is 16.2. The van der Waals surface area contributed by atoms with Crippen LogP contribution in [-0.4, -0.2) is 14.5 Å². The second-order valence-corrected chi connectivity index (χ2v) is 7.01. The summed E-state index contributed by atoms with van der Waals surface area (Å²) in [4.78, 5) is 15.1. The molecule has 0 radical (unpaired) electrons. The maximum atomic E-state index is 6.24. The van der Waals surface area contributed by atoms with E-state index in [4.69, 9.17) is 15.6 Å². The van der Waals surface area contributed by atoms with Gasteiger partial charge in [0, 0.05) is 25.4 Å². The van der Waals surface area contributed by atoms with Gasteiger partial charge in [0.25, 0.3) is 0 Å². The summed E-state index contributed by atoms with van der Waals surface area (Å²) in [6.45, 7) is 4.34. The lowest BCUT2D eigenvalue weighted by Crippen LogP contribution is -2.24. The van der Waals surface area contributed by atoms with Gasteiger partial charge < -0.3 is 15.1 Å². The molecule has 6 nitrogen and oxygen atoms in total. The predicted octanol–water partition coefficient (Wildman–Crippen LogP) is 4.81. The Morgan fingerprint density at radius 3 is 2.61 bits per heavy atom. The van der Waals surface area contributed by atoms with Gasteiger partial charge in [0.15, 0.2) is 5.75 Å². The average molecular weight is 373 g/mol. The Balaban J connectivity index is 1.85. The molecule has 2 aromatic carbocycles. The molecule has 0 saturated heterocycles. The van der Waals surface area contributed by atoms with Crippen LogP contribution < -0.4 is 15.6 Å². The number of para-hydroxylation sites is 2. The molecule has 2 heterocycles. The monoisotopic (exact) mass is 373 g/mol.